The normalized spacial score (nSPS) is 13.6. The number of benzene rings is 1. The van der Waals surface area contributed by atoms with Crippen LogP contribution in [0.3, 0.4) is 0 Å². The molecule has 186 valence electrons. The molecule has 7 nitrogen and oxygen atoms in total. The van der Waals surface area contributed by atoms with E-state index in [1.807, 2.05) is 19.9 Å². The summed E-state index contributed by atoms with van der Waals surface area (Å²) in [7, 11) is 0. The van der Waals surface area contributed by atoms with Crippen LogP contribution in [-0.2, 0) is 11.2 Å². The maximum absolute atomic E-state index is 11.4. The number of hydrogen-bond acceptors (Lipinski definition) is 5. The number of allylic oxidation sites excluding steroid dienone is 5. The Hall–Kier alpha value is -3.32. The maximum atomic E-state index is 11.4. The van der Waals surface area contributed by atoms with Crippen molar-refractivity contribution in [1.29, 1.82) is 0 Å². The van der Waals surface area contributed by atoms with Gasteiger partial charge in [-0.2, -0.15) is 0 Å². The molecule has 0 spiro atoms. The molecular formula is C27H36O7. The van der Waals surface area contributed by atoms with Gasteiger partial charge in [-0.15, -0.1) is 0 Å². The number of carboxylic acid groups (broad SMARTS) is 2. The average molecular weight is 473 g/mol. The molecule has 0 unspecified atom stereocenters. The minimum Gasteiger partial charge on any atom is -0.504 e. The largest absolute Gasteiger partial charge is 0.504 e. The van der Waals surface area contributed by atoms with Crippen molar-refractivity contribution in [2.45, 2.75) is 71.8 Å². The van der Waals surface area contributed by atoms with Crippen molar-refractivity contribution in [1.82, 2.24) is 0 Å². The van der Waals surface area contributed by atoms with Crippen molar-refractivity contribution in [2.24, 2.45) is 0 Å². The van der Waals surface area contributed by atoms with Gasteiger partial charge in [-0.1, -0.05) is 41.5 Å². The average Bonchev–Trinajstić information content (AvgIpc) is 2.76. The van der Waals surface area contributed by atoms with Crippen LogP contribution in [0.5, 0.6) is 11.5 Å². The van der Waals surface area contributed by atoms with Crippen molar-refractivity contribution in [3.8, 4) is 11.5 Å². The first kappa shape index (κ1) is 28.7. The Balaban J connectivity index is 2.58. The number of aromatic hydroxyl groups is 2. The molecule has 34 heavy (non-hydrogen) atoms. The number of aliphatic hydroxyl groups is 1. The minimum atomic E-state index is -1.17. The zero-order chi connectivity index (χ0) is 25.8. The summed E-state index contributed by atoms with van der Waals surface area (Å²) in [5, 5.41) is 47.9. The van der Waals surface area contributed by atoms with E-state index in [0.29, 0.717) is 42.4 Å². The first-order valence-electron chi connectivity index (χ1n) is 11.3. The third-order valence-corrected chi connectivity index (χ3v) is 5.58. The fraction of sp³-hybridized carbons (Fsp3) is 0.407. The van der Waals surface area contributed by atoms with E-state index in [-0.39, 0.29) is 11.3 Å². The van der Waals surface area contributed by atoms with Crippen LogP contribution in [0.15, 0.2) is 59.2 Å². The molecule has 0 heterocycles. The molecule has 0 aliphatic carbocycles. The topological polar surface area (TPSA) is 135 Å². The lowest BCUT2D eigenvalue weighted by molar-refractivity contribution is -0.132. The lowest BCUT2D eigenvalue weighted by atomic mass is 10.0. The molecule has 0 fully saturated rings. The summed E-state index contributed by atoms with van der Waals surface area (Å²) in [6, 6.07) is 2.37. The van der Waals surface area contributed by atoms with E-state index in [9.17, 15) is 30.0 Å². The molecule has 1 aromatic carbocycles. The summed E-state index contributed by atoms with van der Waals surface area (Å²) in [6.45, 7) is 9.33. The number of aliphatic hydroxyl groups excluding tert-OH is 1. The highest BCUT2D eigenvalue weighted by Crippen LogP contribution is 2.31. The van der Waals surface area contributed by atoms with Gasteiger partial charge in [0.05, 0.1) is 11.7 Å². The smallest absolute Gasteiger partial charge is 0.335 e. The van der Waals surface area contributed by atoms with Gasteiger partial charge in [0.25, 0.3) is 0 Å². The highest BCUT2D eigenvalue weighted by molar-refractivity contribution is 5.89. The molecule has 5 N–H and O–H groups in total. The lowest BCUT2D eigenvalue weighted by Gasteiger charge is -2.10. The molecule has 0 amide bonds. The molecule has 0 aromatic heterocycles. The number of aromatic carboxylic acids is 1. The highest BCUT2D eigenvalue weighted by Gasteiger charge is 2.13. The number of aliphatic carboxylic acids is 1. The lowest BCUT2D eigenvalue weighted by Crippen LogP contribution is -2.10. The number of rotatable bonds is 14. The molecule has 0 saturated heterocycles. The molecule has 1 rings (SSSR count). The Morgan fingerprint density at radius 3 is 2.09 bits per heavy atom. The van der Waals surface area contributed by atoms with Gasteiger partial charge in [0.1, 0.15) is 0 Å². The van der Waals surface area contributed by atoms with Crippen molar-refractivity contribution in [3.63, 3.8) is 0 Å². The van der Waals surface area contributed by atoms with Crippen molar-refractivity contribution < 1.29 is 35.1 Å². The van der Waals surface area contributed by atoms with Crippen LogP contribution in [0.2, 0.25) is 0 Å². The summed E-state index contributed by atoms with van der Waals surface area (Å²) in [4.78, 5) is 22.5. The molecule has 0 radical (unpaired) electrons. The number of carbonyl (C=O) groups is 2. The summed E-state index contributed by atoms with van der Waals surface area (Å²) in [5.74, 6) is -2.91. The second kappa shape index (κ2) is 14.1. The van der Waals surface area contributed by atoms with Crippen LogP contribution in [0.4, 0.5) is 0 Å². The van der Waals surface area contributed by atoms with Crippen molar-refractivity contribution in [2.75, 3.05) is 0 Å². The zero-order valence-electron chi connectivity index (χ0n) is 20.2. The van der Waals surface area contributed by atoms with Crippen molar-refractivity contribution >= 4 is 11.9 Å². The Kier molecular flexibility index (Phi) is 11.9. The zero-order valence-corrected chi connectivity index (χ0v) is 20.2. The van der Waals surface area contributed by atoms with Gasteiger partial charge in [0, 0.05) is 11.1 Å². The van der Waals surface area contributed by atoms with Gasteiger partial charge in [0.2, 0.25) is 0 Å². The van der Waals surface area contributed by atoms with Gasteiger partial charge in [-0.3, -0.25) is 0 Å². The Bertz CT molecular complexity index is 983. The number of carboxylic acids is 2. The van der Waals surface area contributed by atoms with Crippen LogP contribution in [0.25, 0.3) is 0 Å². The van der Waals surface area contributed by atoms with Crippen LogP contribution in [-0.4, -0.2) is 43.6 Å². The molecule has 1 atom stereocenters. The quantitative estimate of drug-likeness (QED) is 0.137. The van der Waals surface area contributed by atoms with Gasteiger partial charge in [0.15, 0.2) is 11.5 Å². The summed E-state index contributed by atoms with van der Waals surface area (Å²) >= 11 is 0. The van der Waals surface area contributed by atoms with E-state index >= 15 is 0 Å². The highest BCUT2D eigenvalue weighted by atomic mass is 16.4. The summed E-state index contributed by atoms with van der Waals surface area (Å²) < 4.78 is 0. The molecule has 0 aliphatic heterocycles. The van der Waals surface area contributed by atoms with E-state index in [0.717, 1.165) is 36.5 Å². The maximum Gasteiger partial charge on any atom is 0.335 e. The Labute approximate surface area is 201 Å². The number of phenols is 2. The van der Waals surface area contributed by atoms with E-state index in [1.165, 1.54) is 6.07 Å². The minimum absolute atomic E-state index is 0.0815. The number of phenolic OH excluding ortho intramolecular Hbond substituents is 2. The van der Waals surface area contributed by atoms with Gasteiger partial charge in [-0.05, 0) is 77.8 Å². The molecular weight excluding hydrogens is 436 g/mol. The van der Waals surface area contributed by atoms with E-state index < -0.39 is 23.8 Å². The van der Waals surface area contributed by atoms with Gasteiger partial charge >= 0.3 is 11.9 Å². The molecule has 0 bridgehead atoms. The standard InChI is InChI=1S/C27H36O7/c1-17(2)23(28)14-13-20(26(31)32)10-6-9-18(3)7-5-8-19(4)11-12-21-15-22(27(33)34)16-24(29)25(21)30/h7,10-11,15-16,23,28-30H,1,5-6,8-9,12-14H2,2-4H3,(H,31,32)(H,33,34)/b18-7+,19-11+,20-10+/t23-/m1/s1. The Morgan fingerprint density at radius 2 is 1.53 bits per heavy atom. The second-order valence-electron chi connectivity index (χ2n) is 8.63. The molecule has 0 saturated carbocycles. The third-order valence-electron chi connectivity index (χ3n) is 5.58. The predicted octanol–water partition coefficient (Wildman–Crippen LogP) is 5.52. The molecule has 0 aliphatic rings. The van der Waals surface area contributed by atoms with Crippen LogP contribution < -0.4 is 0 Å². The monoisotopic (exact) mass is 472 g/mol. The number of hydrogen-bond donors (Lipinski definition) is 5. The van der Waals surface area contributed by atoms with E-state index in [4.69, 9.17) is 5.11 Å². The fourth-order valence-electron chi connectivity index (χ4n) is 3.30. The molecule has 7 heteroatoms. The summed E-state index contributed by atoms with van der Waals surface area (Å²) in [6.07, 6.45) is 8.85. The van der Waals surface area contributed by atoms with Crippen molar-refractivity contribution in [3.05, 3.63) is 70.4 Å². The van der Waals surface area contributed by atoms with E-state index in [2.05, 4.69) is 12.7 Å². The van der Waals surface area contributed by atoms with Crippen LogP contribution in [0, 0.1) is 0 Å². The SMILES string of the molecule is C=C(C)[C@H](O)CC/C(=C\CC/C(C)=C/CC/C(C)=C/Cc1cc(C(=O)O)cc(O)c1O)C(=O)O. The summed E-state index contributed by atoms with van der Waals surface area (Å²) in [5.41, 5.74) is 3.40. The van der Waals surface area contributed by atoms with Gasteiger partial charge < -0.3 is 25.5 Å². The second-order valence-corrected chi connectivity index (χ2v) is 8.63. The molecule has 1 aromatic rings. The van der Waals surface area contributed by atoms with E-state index in [1.54, 1.807) is 13.0 Å². The fourth-order valence-corrected chi connectivity index (χ4v) is 3.30. The van der Waals surface area contributed by atoms with Crippen LogP contribution in [0.1, 0.15) is 75.2 Å². The first-order valence-corrected chi connectivity index (χ1v) is 11.3. The van der Waals surface area contributed by atoms with Gasteiger partial charge in [-0.25, -0.2) is 9.59 Å². The van der Waals surface area contributed by atoms with Crippen LogP contribution >= 0.6 is 0 Å². The predicted molar refractivity (Wildman–Crippen MR) is 132 cm³/mol. The first-order chi connectivity index (χ1) is 15.9. The Morgan fingerprint density at radius 1 is 0.941 bits per heavy atom. The third kappa shape index (κ3) is 10.1.